The van der Waals surface area contributed by atoms with E-state index in [1.807, 2.05) is 32.9 Å². The van der Waals surface area contributed by atoms with Crippen LogP contribution in [0.4, 0.5) is 17.1 Å². The number of halogens is 1. The molecule has 0 unspecified atom stereocenters. The van der Waals surface area contributed by atoms with Gasteiger partial charge in [0.05, 0.1) is 21.2 Å². The molecular formula is C30H30ClN3O5S2. The van der Waals surface area contributed by atoms with Crippen LogP contribution in [0.3, 0.4) is 0 Å². The quantitative estimate of drug-likeness (QED) is 0.234. The van der Waals surface area contributed by atoms with Crippen molar-refractivity contribution in [2.24, 2.45) is 0 Å². The molecule has 0 saturated carbocycles. The molecule has 0 aliphatic carbocycles. The van der Waals surface area contributed by atoms with Crippen molar-refractivity contribution >= 4 is 54.6 Å². The summed E-state index contributed by atoms with van der Waals surface area (Å²) in [7, 11) is -7.99. The Labute approximate surface area is 246 Å². The first-order valence-corrected chi connectivity index (χ1v) is 15.9. The first kappa shape index (κ1) is 30.1. The molecule has 214 valence electrons. The van der Waals surface area contributed by atoms with E-state index in [9.17, 15) is 21.6 Å². The van der Waals surface area contributed by atoms with Crippen LogP contribution in [0.1, 0.15) is 22.3 Å². The SMILES string of the molecule is Cc1ccc(S(=O)(=O)N(CC(=O)Nc2ccc(S(=O)(=O)Nc3ccc(C)cc3C)cc2)c2ccc(Cl)cc2C)cc1. The molecule has 4 rings (SSSR count). The van der Waals surface area contributed by atoms with E-state index in [0.717, 1.165) is 21.0 Å². The summed E-state index contributed by atoms with van der Waals surface area (Å²) < 4.78 is 56.8. The Bertz CT molecular complexity index is 1810. The summed E-state index contributed by atoms with van der Waals surface area (Å²) in [6.45, 7) is 6.78. The Morgan fingerprint density at radius 2 is 1.34 bits per heavy atom. The van der Waals surface area contributed by atoms with Crippen molar-refractivity contribution in [3.05, 3.63) is 112 Å². The molecule has 4 aromatic carbocycles. The molecule has 0 aliphatic heterocycles. The summed E-state index contributed by atoms with van der Waals surface area (Å²) in [6, 6.07) is 22.1. The number of carbonyl (C=O) groups is 1. The average molecular weight is 612 g/mol. The normalized spacial score (nSPS) is 11.6. The highest BCUT2D eigenvalue weighted by atomic mass is 35.5. The van der Waals surface area contributed by atoms with Gasteiger partial charge in [0.2, 0.25) is 5.91 Å². The second kappa shape index (κ2) is 11.9. The number of nitrogens with one attached hydrogen (secondary N) is 2. The van der Waals surface area contributed by atoms with Gasteiger partial charge in [-0.1, -0.05) is 47.0 Å². The summed E-state index contributed by atoms with van der Waals surface area (Å²) in [5.41, 5.74) is 4.36. The van der Waals surface area contributed by atoms with Crippen LogP contribution in [0, 0.1) is 27.7 Å². The third-order valence-electron chi connectivity index (χ3n) is 6.40. The van der Waals surface area contributed by atoms with Gasteiger partial charge in [0.1, 0.15) is 6.54 Å². The Kier molecular flexibility index (Phi) is 8.77. The summed E-state index contributed by atoms with van der Waals surface area (Å²) in [4.78, 5) is 13.2. The van der Waals surface area contributed by atoms with Gasteiger partial charge >= 0.3 is 0 Å². The van der Waals surface area contributed by atoms with E-state index in [1.165, 1.54) is 36.4 Å². The lowest BCUT2D eigenvalue weighted by Gasteiger charge is -2.26. The molecule has 0 saturated heterocycles. The van der Waals surface area contributed by atoms with Gasteiger partial charge < -0.3 is 5.32 Å². The van der Waals surface area contributed by atoms with Gasteiger partial charge in [-0.2, -0.15) is 0 Å². The van der Waals surface area contributed by atoms with Crippen molar-refractivity contribution in [3.63, 3.8) is 0 Å². The van der Waals surface area contributed by atoms with Gasteiger partial charge in [-0.3, -0.25) is 13.8 Å². The monoisotopic (exact) mass is 611 g/mol. The molecule has 8 nitrogen and oxygen atoms in total. The van der Waals surface area contributed by atoms with Crippen molar-refractivity contribution in [3.8, 4) is 0 Å². The van der Waals surface area contributed by atoms with Crippen molar-refractivity contribution in [2.75, 3.05) is 20.9 Å². The van der Waals surface area contributed by atoms with Crippen LogP contribution in [-0.4, -0.2) is 29.3 Å². The Hall–Kier alpha value is -3.86. The summed E-state index contributed by atoms with van der Waals surface area (Å²) in [5, 5.41) is 3.10. The average Bonchev–Trinajstić information content (AvgIpc) is 2.90. The van der Waals surface area contributed by atoms with Crippen LogP contribution < -0.4 is 14.3 Å². The summed E-state index contributed by atoms with van der Waals surface area (Å²) in [6.07, 6.45) is 0. The molecule has 0 spiro atoms. The third kappa shape index (κ3) is 7.08. The van der Waals surface area contributed by atoms with E-state index >= 15 is 0 Å². The zero-order chi connectivity index (χ0) is 29.9. The van der Waals surface area contributed by atoms with Gasteiger partial charge in [0.15, 0.2) is 0 Å². The molecule has 0 bridgehead atoms. The van der Waals surface area contributed by atoms with Crippen LogP contribution in [0.15, 0.2) is 94.7 Å². The van der Waals surface area contributed by atoms with Gasteiger partial charge in [0.25, 0.3) is 20.0 Å². The fourth-order valence-electron chi connectivity index (χ4n) is 4.22. The van der Waals surface area contributed by atoms with E-state index < -0.39 is 32.5 Å². The zero-order valence-corrected chi connectivity index (χ0v) is 25.4. The number of aryl methyl sites for hydroxylation is 4. The Morgan fingerprint density at radius 1 is 0.732 bits per heavy atom. The number of carbonyl (C=O) groups excluding carboxylic acids is 1. The third-order valence-corrected chi connectivity index (χ3v) is 9.79. The molecule has 2 N–H and O–H groups in total. The fraction of sp³-hybridized carbons (Fsp3) is 0.167. The van der Waals surface area contributed by atoms with Gasteiger partial charge in [-0.25, -0.2) is 16.8 Å². The van der Waals surface area contributed by atoms with Crippen molar-refractivity contribution in [1.29, 1.82) is 0 Å². The molecule has 4 aromatic rings. The van der Waals surface area contributed by atoms with Crippen molar-refractivity contribution in [1.82, 2.24) is 0 Å². The maximum absolute atomic E-state index is 13.7. The fourth-order valence-corrected chi connectivity index (χ4v) is 7.06. The Balaban J connectivity index is 1.55. The molecular weight excluding hydrogens is 582 g/mol. The van der Waals surface area contributed by atoms with E-state index in [2.05, 4.69) is 10.0 Å². The number of rotatable bonds is 9. The molecule has 0 aromatic heterocycles. The topological polar surface area (TPSA) is 113 Å². The lowest BCUT2D eigenvalue weighted by atomic mass is 10.1. The maximum Gasteiger partial charge on any atom is 0.264 e. The molecule has 11 heteroatoms. The van der Waals surface area contributed by atoms with Crippen LogP contribution >= 0.6 is 11.6 Å². The number of amides is 1. The molecule has 0 atom stereocenters. The number of anilines is 3. The number of hydrogen-bond acceptors (Lipinski definition) is 5. The standard InChI is InChI=1S/C30H30ClN3O5S2/c1-20-5-11-27(12-6-20)41(38,39)34(29-16-8-24(31)18-23(29)4)19-30(35)32-25-9-13-26(14-10-25)40(36,37)33-28-15-7-21(2)17-22(28)3/h5-18,33H,19H2,1-4H3,(H,32,35). The second-order valence-electron chi connectivity index (χ2n) is 9.75. The number of hydrogen-bond donors (Lipinski definition) is 2. The van der Waals surface area contributed by atoms with Gasteiger partial charge in [-0.15, -0.1) is 0 Å². The molecule has 1 amide bonds. The van der Waals surface area contributed by atoms with Crippen LogP contribution in [0.2, 0.25) is 5.02 Å². The highest BCUT2D eigenvalue weighted by molar-refractivity contribution is 7.93. The second-order valence-corrected chi connectivity index (χ2v) is 13.7. The first-order valence-electron chi connectivity index (χ1n) is 12.6. The molecule has 0 aliphatic rings. The van der Waals surface area contributed by atoms with Gasteiger partial charge in [-0.05, 0) is 99.5 Å². The minimum atomic E-state index is -4.11. The van der Waals surface area contributed by atoms with Gasteiger partial charge in [0, 0.05) is 10.7 Å². The lowest BCUT2D eigenvalue weighted by Crippen LogP contribution is -2.38. The smallest absolute Gasteiger partial charge is 0.264 e. The highest BCUT2D eigenvalue weighted by Crippen LogP contribution is 2.29. The van der Waals surface area contributed by atoms with Crippen LogP contribution in [-0.2, 0) is 24.8 Å². The molecule has 0 fully saturated rings. The van der Waals surface area contributed by atoms with Crippen molar-refractivity contribution < 1.29 is 21.6 Å². The molecule has 41 heavy (non-hydrogen) atoms. The summed E-state index contributed by atoms with van der Waals surface area (Å²) in [5.74, 6) is -0.612. The minimum absolute atomic E-state index is 0.0100. The van der Waals surface area contributed by atoms with E-state index in [1.54, 1.807) is 43.3 Å². The van der Waals surface area contributed by atoms with E-state index in [-0.39, 0.29) is 9.79 Å². The van der Waals surface area contributed by atoms with Crippen LogP contribution in [0.5, 0.6) is 0 Å². The van der Waals surface area contributed by atoms with Crippen LogP contribution in [0.25, 0.3) is 0 Å². The Morgan fingerprint density at radius 3 is 1.95 bits per heavy atom. The zero-order valence-electron chi connectivity index (χ0n) is 23.0. The summed E-state index contributed by atoms with van der Waals surface area (Å²) >= 11 is 6.09. The van der Waals surface area contributed by atoms with E-state index in [0.29, 0.717) is 27.6 Å². The number of sulfonamides is 2. The minimum Gasteiger partial charge on any atom is -0.325 e. The predicted octanol–water partition coefficient (Wildman–Crippen LogP) is 6.21. The molecule has 0 radical (unpaired) electrons. The van der Waals surface area contributed by atoms with Crippen molar-refractivity contribution in [2.45, 2.75) is 37.5 Å². The predicted molar refractivity (Wildman–Crippen MR) is 164 cm³/mol. The first-order chi connectivity index (χ1) is 19.3. The molecule has 0 heterocycles. The largest absolute Gasteiger partial charge is 0.325 e. The highest BCUT2D eigenvalue weighted by Gasteiger charge is 2.28. The number of nitrogens with zero attached hydrogens (tertiary/aromatic N) is 1. The van der Waals surface area contributed by atoms with E-state index in [4.69, 9.17) is 11.6 Å². The lowest BCUT2D eigenvalue weighted by molar-refractivity contribution is -0.114. The number of benzene rings is 4. The maximum atomic E-state index is 13.7.